The van der Waals surface area contributed by atoms with Crippen LogP contribution < -0.4 is 24.8 Å². The molecule has 2 rings (SSSR count). The van der Waals surface area contributed by atoms with E-state index in [1.807, 2.05) is 0 Å². The summed E-state index contributed by atoms with van der Waals surface area (Å²) in [4.78, 5) is 0. The van der Waals surface area contributed by atoms with Gasteiger partial charge in [0.1, 0.15) is 0 Å². The van der Waals surface area contributed by atoms with E-state index in [4.69, 9.17) is 10.6 Å². The summed E-state index contributed by atoms with van der Waals surface area (Å²) in [5.41, 5.74) is 0.951. The molecule has 2 aliphatic rings. The van der Waals surface area contributed by atoms with E-state index in [9.17, 15) is 0 Å². The van der Waals surface area contributed by atoms with Gasteiger partial charge < -0.3 is 35.4 Å². The zero-order valence-corrected chi connectivity index (χ0v) is 24.0. The Hall–Kier alpha value is 2.38. The maximum atomic E-state index is 4.75. The molecule has 2 nitrogen and oxygen atoms in total. The smallest absolute Gasteiger partial charge is 1.00 e. The minimum Gasteiger partial charge on any atom is -1.00 e. The van der Waals surface area contributed by atoms with Crippen molar-refractivity contribution in [3.8, 4) is 0 Å². The van der Waals surface area contributed by atoms with Gasteiger partial charge in [-0.1, -0.05) is 93.9 Å². The van der Waals surface area contributed by atoms with Crippen molar-refractivity contribution in [2.75, 3.05) is 0 Å². The molecule has 2 saturated heterocycles. The van der Waals surface area contributed by atoms with E-state index in [-0.39, 0.29) is 104 Å². The molecular formula is C18H36CaCl2N2Zn. The normalized spacial score (nSPS) is 25.0. The van der Waals surface area contributed by atoms with E-state index < -0.39 is 0 Å². The summed E-state index contributed by atoms with van der Waals surface area (Å²) in [7, 11) is 0. The van der Waals surface area contributed by atoms with Crippen molar-refractivity contribution < 1.29 is 44.3 Å². The Morgan fingerprint density at radius 1 is 0.500 bits per heavy atom. The topological polar surface area (TPSA) is 28.2 Å². The van der Waals surface area contributed by atoms with Crippen LogP contribution >= 0.6 is 0 Å². The Balaban J connectivity index is -0.000000143. The predicted molar refractivity (Wildman–Crippen MR) is 96.5 cm³/mol. The van der Waals surface area contributed by atoms with Crippen molar-refractivity contribution in [2.45, 2.75) is 116 Å². The third-order valence-electron chi connectivity index (χ3n) is 4.36. The van der Waals surface area contributed by atoms with Crippen LogP contribution in [0.15, 0.2) is 0 Å². The molecule has 2 heterocycles. The van der Waals surface area contributed by atoms with Gasteiger partial charge in [0.05, 0.1) is 0 Å². The largest absolute Gasteiger partial charge is 2.00 e. The minimum atomic E-state index is 0. The summed E-state index contributed by atoms with van der Waals surface area (Å²) < 4.78 is 0. The fraction of sp³-hybridized carbons (Fsp3) is 1.00. The first-order valence-corrected chi connectivity index (χ1v) is 8.31. The second-order valence-electron chi connectivity index (χ2n) is 9.18. The number of rotatable bonds is 0. The molecule has 0 bridgehead atoms. The zero-order chi connectivity index (χ0) is 15.7. The van der Waals surface area contributed by atoms with Gasteiger partial charge in [-0.15, -0.1) is 22.2 Å². The van der Waals surface area contributed by atoms with Crippen LogP contribution in [0.5, 0.6) is 0 Å². The van der Waals surface area contributed by atoms with Crippen LogP contribution in [0.4, 0.5) is 0 Å². The Kier molecular flexibility index (Phi) is 18.0. The standard InChI is InChI=1S/2C9H18N.Ca.2ClH.Zn/c2*1-8(2)6-5-7-9(3,4)10-8;;;;/h2*5-7H2,1-4H3;;2*1H;/q2*-1;+2;;;+2/p-2. The molecule has 2 aliphatic heterocycles. The van der Waals surface area contributed by atoms with Crippen LogP contribution in [-0.2, 0) is 19.5 Å². The van der Waals surface area contributed by atoms with Crippen LogP contribution in [-0.4, -0.2) is 59.9 Å². The van der Waals surface area contributed by atoms with Crippen molar-refractivity contribution in [2.24, 2.45) is 0 Å². The van der Waals surface area contributed by atoms with E-state index in [0.717, 1.165) is 0 Å². The molecule has 0 radical (unpaired) electrons. The summed E-state index contributed by atoms with van der Waals surface area (Å²) in [5.74, 6) is 0. The molecule has 0 aromatic heterocycles. The predicted octanol–water partition coefficient (Wildman–Crippen LogP) is -0.173. The minimum absolute atomic E-state index is 0. The fourth-order valence-corrected chi connectivity index (χ4v) is 3.77. The van der Waals surface area contributed by atoms with Crippen LogP contribution in [0.1, 0.15) is 93.9 Å². The molecular weight excluding hydrogens is 421 g/mol. The SMILES string of the molecule is CC1(C)CCCC(C)(C)[N-]1.CC1(C)CCCC(C)(C)[N-]1.[Ca+2].[Cl-].[Cl-].[Zn+2]. The Morgan fingerprint density at radius 3 is 0.750 bits per heavy atom. The molecule has 24 heavy (non-hydrogen) atoms. The van der Waals surface area contributed by atoms with Crippen LogP contribution in [0.3, 0.4) is 0 Å². The molecule has 6 heteroatoms. The van der Waals surface area contributed by atoms with Gasteiger partial charge in [0.2, 0.25) is 0 Å². The number of nitrogens with zero attached hydrogens (tertiary/aromatic N) is 2. The third-order valence-corrected chi connectivity index (χ3v) is 4.36. The molecule has 0 N–H and O–H groups in total. The van der Waals surface area contributed by atoms with Crippen LogP contribution in [0, 0.1) is 0 Å². The molecule has 0 aromatic rings. The van der Waals surface area contributed by atoms with E-state index in [2.05, 4.69) is 55.4 Å². The summed E-state index contributed by atoms with van der Waals surface area (Å²) in [6.07, 6.45) is 7.72. The van der Waals surface area contributed by atoms with Gasteiger partial charge in [0.15, 0.2) is 0 Å². The third kappa shape index (κ3) is 14.4. The molecule has 0 spiro atoms. The first kappa shape index (κ1) is 33.9. The Labute approximate surface area is 206 Å². The second kappa shape index (κ2) is 12.8. The van der Waals surface area contributed by atoms with Crippen LogP contribution in [0.2, 0.25) is 0 Å². The average molecular weight is 457 g/mol. The molecule has 136 valence electrons. The van der Waals surface area contributed by atoms with Crippen molar-refractivity contribution >= 4 is 37.7 Å². The summed E-state index contributed by atoms with van der Waals surface area (Å²) in [6, 6.07) is 0. The quantitative estimate of drug-likeness (QED) is 0.453. The van der Waals surface area contributed by atoms with Gasteiger partial charge in [0, 0.05) is 0 Å². The number of halogens is 2. The summed E-state index contributed by atoms with van der Waals surface area (Å²) in [5, 5.41) is 9.49. The van der Waals surface area contributed by atoms with Gasteiger partial charge in [0.25, 0.3) is 0 Å². The van der Waals surface area contributed by atoms with Gasteiger partial charge >= 0.3 is 57.2 Å². The van der Waals surface area contributed by atoms with E-state index in [1.54, 1.807) is 0 Å². The number of piperidine rings is 2. The monoisotopic (exact) mass is 454 g/mol. The van der Waals surface area contributed by atoms with E-state index in [1.165, 1.54) is 38.5 Å². The summed E-state index contributed by atoms with van der Waals surface area (Å²) in [6.45, 7) is 17.8. The van der Waals surface area contributed by atoms with Crippen molar-refractivity contribution in [3.05, 3.63) is 10.6 Å². The summed E-state index contributed by atoms with van der Waals surface area (Å²) >= 11 is 0. The van der Waals surface area contributed by atoms with Gasteiger partial charge in [-0.05, 0) is 0 Å². The van der Waals surface area contributed by atoms with Crippen LogP contribution in [0.25, 0.3) is 10.6 Å². The van der Waals surface area contributed by atoms with Gasteiger partial charge in [-0.2, -0.15) is 0 Å². The first-order chi connectivity index (χ1) is 8.83. The van der Waals surface area contributed by atoms with E-state index >= 15 is 0 Å². The fourth-order valence-electron chi connectivity index (χ4n) is 3.77. The molecule has 0 saturated carbocycles. The molecule has 0 unspecified atom stereocenters. The number of hydrogen-bond donors (Lipinski definition) is 0. The Morgan fingerprint density at radius 2 is 0.667 bits per heavy atom. The van der Waals surface area contributed by atoms with Crippen molar-refractivity contribution in [1.82, 2.24) is 0 Å². The molecule has 2 fully saturated rings. The van der Waals surface area contributed by atoms with E-state index in [0.29, 0.717) is 0 Å². The van der Waals surface area contributed by atoms with Gasteiger partial charge in [-0.25, -0.2) is 0 Å². The molecule has 0 aliphatic carbocycles. The first-order valence-electron chi connectivity index (χ1n) is 8.31. The molecule has 0 aromatic carbocycles. The molecule has 0 atom stereocenters. The average Bonchev–Trinajstić information content (AvgIpc) is 2.09. The van der Waals surface area contributed by atoms with Crippen molar-refractivity contribution in [3.63, 3.8) is 0 Å². The number of hydrogen-bond acceptors (Lipinski definition) is 0. The maximum absolute atomic E-state index is 4.75. The maximum Gasteiger partial charge on any atom is 2.00 e. The second-order valence-corrected chi connectivity index (χ2v) is 9.18. The Bertz CT molecular complexity index is 275. The molecule has 0 amide bonds. The van der Waals surface area contributed by atoms with Gasteiger partial charge in [-0.3, -0.25) is 0 Å². The van der Waals surface area contributed by atoms with Crippen molar-refractivity contribution in [1.29, 1.82) is 0 Å². The zero-order valence-electron chi connectivity index (χ0n) is 17.3.